The molecule has 0 aliphatic rings. The highest BCUT2D eigenvalue weighted by Crippen LogP contribution is 2.24. The lowest BCUT2D eigenvalue weighted by Gasteiger charge is -2.05. The van der Waals surface area contributed by atoms with Crippen LogP contribution in [0, 0.1) is 0 Å². The molecule has 0 saturated carbocycles. The number of rotatable bonds is 6. The Morgan fingerprint density at radius 1 is 1.35 bits per heavy atom. The molecule has 0 heterocycles. The normalized spacial score (nSPS) is 10.2. The predicted molar refractivity (Wildman–Crippen MR) is 68.8 cm³/mol. The van der Waals surface area contributed by atoms with Crippen molar-refractivity contribution >= 4 is 21.8 Å². The molecule has 0 unspecified atom stereocenters. The van der Waals surface area contributed by atoms with Crippen LogP contribution in [-0.4, -0.2) is 29.3 Å². The van der Waals surface area contributed by atoms with E-state index in [1.165, 1.54) is 0 Å². The third kappa shape index (κ3) is 5.19. The molecule has 0 aliphatic heterocycles. The Hall–Kier alpha value is -1.07. The highest BCUT2D eigenvalue weighted by Gasteiger charge is 2.05. The van der Waals surface area contributed by atoms with Crippen molar-refractivity contribution in [1.29, 1.82) is 0 Å². The molecule has 5 heteroatoms. The van der Waals surface area contributed by atoms with E-state index in [2.05, 4.69) is 21.2 Å². The first kappa shape index (κ1) is 14.0. The molecule has 0 spiro atoms. The van der Waals surface area contributed by atoms with E-state index in [-0.39, 0.29) is 24.7 Å². The first-order chi connectivity index (χ1) is 8.13. The van der Waals surface area contributed by atoms with E-state index in [9.17, 15) is 9.90 Å². The van der Waals surface area contributed by atoms with Crippen LogP contribution in [0.3, 0.4) is 0 Å². The van der Waals surface area contributed by atoms with Gasteiger partial charge in [0.15, 0.2) is 0 Å². The second kappa shape index (κ2) is 7.29. The molecule has 1 amide bonds. The lowest BCUT2D eigenvalue weighted by molar-refractivity contribution is -0.120. The third-order valence-corrected chi connectivity index (χ3v) is 2.95. The molecule has 0 aliphatic carbocycles. The van der Waals surface area contributed by atoms with Crippen LogP contribution in [0.15, 0.2) is 22.7 Å². The van der Waals surface area contributed by atoms with Gasteiger partial charge in [0, 0.05) is 13.2 Å². The minimum atomic E-state index is -0.0790. The fraction of sp³-hybridized carbons (Fsp3) is 0.417. The summed E-state index contributed by atoms with van der Waals surface area (Å²) in [5.74, 6) is 0.0558. The summed E-state index contributed by atoms with van der Waals surface area (Å²) in [5, 5.41) is 20.8. The number of phenols is 1. The maximum absolute atomic E-state index is 11.5. The minimum absolute atomic E-state index is 0.0790. The highest BCUT2D eigenvalue weighted by molar-refractivity contribution is 9.10. The summed E-state index contributed by atoms with van der Waals surface area (Å²) in [6.45, 7) is 0.721. The number of unbranched alkanes of at least 4 members (excludes halogenated alkanes) is 1. The summed E-state index contributed by atoms with van der Waals surface area (Å²) in [6.07, 6.45) is 1.72. The van der Waals surface area contributed by atoms with E-state index in [4.69, 9.17) is 5.11 Å². The topological polar surface area (TPSA) is 69.6 Å². The van der Waals surface area contributed by atoms with Gasteiger partial charge in [0.05, 0.1) is 10.9 Å². The molecule has 17 heavy (non-hydrogen) atoms. The van der Waals surface area contributed by atoms with E-state index in [1.54, 1.807) is 18.2 Å². The number of aliphatic hydroxyl groups excluding tert-OH is 1. The number of carbonyl (C=O) groups excluding carboxylic acids is 1. The van der Waals surface area contributed by atoms with Gasteiger partial charge in [-0.15, -0.1) is 0 Å². The van der Waals surface area contributed by atoms with Gasteiger partial charge in [-0.05, 0) is 46.5 Å². The second-order valence-electron chi connectivity index (χ2n) is 3.74. The molecular formula is C12H16BrNO3. The standard InChI is InChI=1S/C12H16BrNO3/c13-10-4-3-9(7-11(10)16)8-12(17)14-5-1-2-6-15/h3-4,7,15-16H,1-2,5-6,8H2,(H,14,17). The molecule has 0 saturated heterocycles. The van der Waals surface area contributed by atoms with Gasteiger partial charge in [0.2, 0.25) is 5.91 Å². The van der Waals surface area contributed by atoms with Gasteiger partial charge in [-0.2, -0.15) is 0 Å². The van der Waals surface area contributed by atoms with E-state index >= 15 is 0 Å². The Kier molecular flexibility index (Phi) is 6.00. The minimum Gasteiger partial charge on any atom is -0.507 e. The molecular weight excluding hydrogens is 286 g/mol. The number of amides is 1. The van der Waals surface area contributed by atoms with Crippen LogP contribution in [0.2, 0.25) is 0 Å². The zero-order valence-corrected chi connectivity index (χ0v) is 11.0. The number of benzene rings is 1. The van der Waals surface area contributed by atoms with Crippen LogP contribution in [0.1, 0.15) is 18.4 Å². The molecule has 0 fully saturated rings. The van der Waals surface area contributed by atoms with Crippen molar-refractivity contribution in [3.05, 3.63) is 28.2 Å². The van der Waals surface area contributed by atoms with Gasteiger partial charge in [0.1, 0.15) is 5.75 Å². The van der Waals surface area contributed by atoms with E-state index < -0.39 is 0 Å². The number of hydrogen-bond donors (Lipinski definition) is 3. The summed E-state index contributed by atoms with van der Waals surface area (Å²) in [5.41, 5.74) is 0.769. The third-order valence-electron chi connectivity index (χ3n) is 2.28. The molecule has 1 aromatic rings. The highest BCUT2D eigenvalue weighted by atomic mass is 79.9. The van der Waals surface area contributed by atoms with Crippen molar-refractivity contribution < 1.29 is 15.0 Å². The first-order valence-electron chi connectivity index (χ1n) is 5.48. The van der Waals surface area contributed by atoms with Crippen LogP contribution in [0.25, 0.3) is 0 Å². The Balaban J connectivity index is 2.37. The average Bonchev–Trinajstić information content (AvgIpc) is 2.30. The smallest absolute Gasteiger partial charge is 0.224 e. The van der Waals surface area contributed by atoms with Crippen molar-refractivity contribution in [2.45, 2.75) is 19.3 Å². The molecule has 0 atom stereocenters. The van der Waals surface area contributed by atoms with Crippen LogP contribution in [0.5, 0.6) is 5.75 Å². The van der Waals surface area contributed by atoms with Gasteiger partial charge in [-0.3, -0.25) is 4.79 Å². The molecule has 0 radical (unpaired) electrons. The lowest BCUT2D eigenvalue weighted by atomic mass is 10.1. The number of halogens is 1. The summed E-state index contributed by atoms with van der Waals surface area (Å²) in [4.78, 5) is 11.5. The largest absolute Gasteiger partial charge is 0.507 e. The van der Waals surface area contributed by atoms with Crippen molar-refractivity contribution in [1.82, 2.24) is 5.32 Å². The summed E-state index contributed by atoms with van der Waals surface area (Å²) in [7, 11) is 0. The SMILES string of the molecule is O=C(Cc1ccc(Br)c(O)c1)NCCCCO. The Morgan fingerprint density at radius 3 is 2.76 bits per heavy atom. The van der Waals surface area contributed by atoms with Crippen LogP contribution >= 0.6 is 15.9 Å². The van der Waals surface area contributed by atoms with Crippen molar-refractivity contribution in [3.8, 4) is 5.75 Å². The number of carbonyl (C=O) groups is 1. The van der Waals surface area contributed by atoms with Crippen LogP contribution < -0.4 is 5.32 Å². The second-order valence-corrected chi connectivity index (χ2v) is 4.60. The Labute approximate surface area is 109 Å². The molecule has 1 aromatic carbocycles. The van der Waals surface area contributed by atoms with Crippen molar-refractivity contribution in [3.63, 3.8) is 0 Å². The van der Waals surface area contributed by atoms with Crippen molar-refractivity contribution in [2.24, 2.45) is 0 Å². The lowest BCUT2D eigenvalue weighted by Crippen LogP contribution is -2.26. The summed E-state index contributed by atoms with van der Waals surface area (Å²) < 4.78 is 0.615. The van der Waals surface area contributed by atoms with Gasteiger partial charge in [0.25, 0.3) is 0 Å². The maximum atomic E-state index is 11.5. The predicted octanol–water partition coefficient (Wildman–Crippen LogP) is 1.59. The number of hydrogen-bond acceptors (Lipinski definition) is 3. The molecule has 3 N–H and O–H groups in total. The van der Waals surface area contributed by atoms with Gasteiger partial charge >= 0.3 is 0 Å². The molecule has 4 nitrogen and oxygen atoms in total. The van der Waals surface area contributed by atoms with Gasteiger partial charge < -0.3 is 15.5 Å². The van der Waals surface area contributed by atoms with Crippen molar-refractivity contribution in [2.75, 3.05) is 13.2 Å². The number of aromatic hydroxyl groups is 1. The molecule has 94 valence electrons. The van der Waals surface area contributed by atoms with E-state index in [0.717, 1.165) is 12.0 Å². The van der Waals surface area contributed by atoms with Crippen LogP contribution in [0.4, 0.5) is 0 Å². The maximum Gasteiger partial charge on any atom is 0.224 e. The zero-order chi connectivity index (χ0) is 12.7. The Morgan fingerprint density at radius 2 is 2.12 bits per heavy atom. The number of aliphatic hydroxyl groups is 1. The summed E-state index contributed by atoms with van der Waals surface area (Å²) >= 11 is 3.18. The zero-order valence-electron chi connectivity index (χ0n) is 9.45. The molecule has 0 bridgehead atoms. The van der Waals surface area contributed by atoms with Gasteiger partial charge in [-0.25, -0.2) is 0 Å². The first-order valence-corrected chi connectivity index (χ1v) is 6.27. The molecule has 0 aromatic heterocycles. The van der Waals surface area contributed by atoms with E-state index in [1.807, 2.05) is 0 Å². The number of phenolic OH excluding ortho intramolecular Hbond substituents is 1. The fourth-order valence-corrected chi connectivity index (χ4v) is 1.63. The van der Waals surface area contributed by atoms with Gasteiger partial charge in [-0.1, -0.05) is 6.07 Å². The Bertz CT molecular complexity index is 382. The quantitative estimate of drug-likeness (QED) is 0.699. The molecule has 1 rings (SSSR count). The monoisotopic (exact) mass is 301 g/mol. The fourth-order valence-electron chi connectivity index (χ4n) is 1.38. The summed E-state index contributed by atoms with van der Waals surface area (Å²) in [6, 6.07) is 5.07. The van der Waals surface area contributed by atoms with E-state index in [0.29, 0.717) is 17.4 Å². The average molecular weight is 302 g/mol. The number of nitrogens with one attached hydrogen (secondary N) is 1. The van der Waals surface area contributed by atoms with Crippen LogP contribution in [-0.2, 0) is 11.2 Å².